The molecular weight excluding hydrogens is 256 g/mol. The second-order valence-corrected chi connectivity index (χ2v) is 4.20. The number of methoxy groups -OCH3 is 1. The number of H-pyrrole nitrogens is 1. The number of amides is 1. The molecule has 2 aromatic rings. The van der Waals surface area contributed by atoms with Crippen LogP contribution in [-0.2, 0) is 6.54 Å². The van der Waals surface area contributed by atoms with Crippen LogP contribution in [0.3, 0.4) is 0 Å². The molecule has 0 radical (unpaired) electrons. The highest BCUT2D eigenvalue weighted by molar-refractivity contribution is 5.94. The van der Waals surface area contributed by atoms with Gasteiger partial charge < -0.3 is 20.4 Å². The Morgan fingerprint density at radius 2 is 2.30 bits per heavy atom. The number of benzene rings is 1. The average molecular weight is 274 g/mol. The number of carbonyl (C=O) groups excluding carboxylic acids is 1. The van der Waals surface area contributed by atoms with Gasteiger partial charge in [0.05, 0.1) is 13.7 Å². The van der Waals surface area contributed by atoms with Crippen LogP contribution >= 0.6 is 0 Å². The Balaban J connectivity index is 1.69. The second kappa shape index (κ2) is 7.30. The van der Waals surface area contributed by atoms with Crippen molar-refractivity contribution in [1.29, 1.82) is 0 Å². The summed E-state index contributed by atoms with van der Waals surface area (Å²) < 4.78 is 5.09. The Morgan fingerprint density at radius 3 is 3.05 bits per heavy atom. The molecule has 1 amide bonds. The van der Waals surface area contributed by atoms with Gasteiger partial charge >= 0.3 is 0 Å². The van der Waals surface area contributed by atoms with Crippen LogP contribution < -0.4 is 15.4 Å². The van der Waals surface area contributed by atoms with Crippen LogP contribution in [0.25, 0.3) is 0 Å². The van der Waals surface area contributed by atoms with Gasteiger partial charge in [-0.1, -0.05) is 6.07 Å². The van der Waals surface area contributed by atoms with E-state index in [1.165, 1.54) is 0 Å². The van der Waals surface area contributed by atoms with E-state index >= 15 is 0 Å². The van der Waals surface area contributed by atoms with Gasteiger partial charge in [0.15, 0.2) is 0 Å². The van der Waals surface area contributed by atoms with E-state index < -0.39 is 0 Å². The third-order valence-electron chi connectivity index (χ3n) is 2.77. The maximum Gasteiger partial charge on any atom is 0.251 e. The summed E-state index contributed by atoms with van der Waals surface area (Å²) in [5.41, 5.74) is 0.593. The topological polar surface area (TPSA) is 79.0 Å². The first-order valence-electron chi connectivity index (χ1n) is 6.41. The van der Waals surface area contributed by atoms with Gasteiger partial charge in [-0.05, 0) is 18.2 Å². The molecule has 0 unspecified atom stereocenters. The smallest absolute Gasteiger partial charge is 0.251 e. The fraction of sp³-hybridized carbons (Fsp3) is 0.286. The summed E-state index contributed by atoms with van der Waals surface area (Å²) in [5, 5.41) is 6.03. The number of imidazole rings is 1. The molecule has 6 heteroatoms. The van der Waals surface area contributed by atoms with Crippen molar-refractivity contribution in [3.63, 3.8) is 0 Å². The summed E-state index contributed by atoms with van der Waals surface area (Å²) in [7, 11) is 1.58. The van der Waals surface area contributed by atoms with Crippen LogP contribution in [0.4, 0.5) is 0 Å². The molecule has 0 bridgehead atoms. The zero-order valence-electron chi connectivity index (χ0n) is 11.3. The number of rotatable bonds is 7. The van der Waals surface area contributed by atoms with Crippen LogP contribution in [0.15, 0.2) is 36.7 Å². The van der Waals surface area contributed by atoms with E-state index in [1.54, 1.807) is 37.7 Å². The summed E-state index contributed by atoms with van der Waals surface area (Å²) in [4.78, 5) is 19.0. The molecule has 0 atom stereocenters. The van der Waals surface area contributed by atoms with Gasteiger partial charge in [0.1, 0.15) is 11.6 Å². The maximum absolute atomic E-state index is 11.9. The Hall–Kier alpha value is -2.34. The van der Waals surface area contributed by atoms with Gasteiger partial charge in [-0.15, -0.1) is 0 Å². The summed E-state index contributed by atoms with van der Waals surface area (Å²) >= 11 is 0. The predicted octanol–water partition coefficient (Wildman–Crippen LogP) is 0.938. The van der Waals surface area contributed by atoms with Crippen LogP contribution in [0.1, 0.15) is 16.2 Å². The van der Waals surface area contributed by atoms with Crippen molar-refractivity contribution < 1.29 is 9.53 Å². The minimum atomic E-state index is -0.108. The van der Waals surface area contributed by atoms with Crippen molar-refractivity contribution in [1.82, 2.24) is 20.6 Å². The quantitative estimate of drug-likeness (QED) is 0.656. The van der Waals surface area contributed by atoms with Gasteiger partial charge in [0.25, 0.3) is 5.91 Å². The lowest BCUT2D eigenvalue weighted by Gasteiger charge is -2.07. The highest BCUT2D eigenvalue weighted by atomic mass is 16.5. The van der Waals surface area contributed by atoms with Gasteiger partial charge in [-0.2, -0.15) is 0 Å². The molecule has 0 aliphatic heterocycles. The molecule has 0 aliphatic carbocycles. The molecule has 1 aromatic carbocycles. The molecule has 0 fully saturated rings. The first-order chi connectivity index (χ1) is 9.79. The number of nitrogens with zero attached hydrogens (tertiary/aromatic N) is 1. The molecule has 0 saturated carbocycles. The molecule has 0 spiro atoms. The van der Waals surface area contributed by atoms with Crippen LogP contribution in [-0.4, -0.2) is 36.1 Å². The van der Waals surface area contributed by atoms with Gasteiger partial charge in [-0.25, -0.2) is 4.98 Å². The number of hydrogen-bond acceptors (Lipinski definition) is 4. The third kappa shape index (κ3) is 4.10. The summed E-state index contributed by atoms with van der Waals surface area (Å²) in [6, 6.07) is 7.07. The molecule has 0 saturated heterocycles. The molecule has 1 heterocycles. The van der Waals surface area contributed by atoms with E-state index in [0.29, 0.717) is 30.9 Å². The predicted molar refractivity (Wildman–Crippen MR) is 75.6 cm³/mol. The van der Waals surface area contributed by atoms with Crippen LogP contribution in [0.5, 0.6) is 5.75 Å². The zero-order chi connectivity index (χ0) is 14.2. The second-order valence-electron chi connectivity index (χ2n) is 4.20. The lowest BCUT2D eigenvalue weighted by Crippen LogP contribution is -2.31. The van der Waals surface area contributed by atoms with Crippen LogP contribution in [0.2, 0.25) is 0 Å². The number of hydrogen-bond donors (Lipinski definition) is 3. The Bertz CT molecular complexity index is 540. The van der Waals surface area contributed by atoms with Crippen molar-refractivity contribution in [2.75, 3.05) is 20.2 Å². The highest BCUT2D eigenvalue weighted by Crippen LogP contribution is 2.11. The maximum atomic E-state index is 11.9. The minimum absolute atomic E-state index is 0.108. The Labute approximate surface area is 117 Å². The number of carbonyl (C=O) groups is 1. The standard InChI is InChI=1S/C14H18N4O2/c1-20-12-4-2-3-11(9-12)14(19)18-6-5-15-10-13-16-7-8-17-13/h2-4,7-9,15H,5-6,10H2,1H3,(H,16,17)(H,18,19). The van der Waals surface area contributed by atoms with E-state index in [9.17, 15) is 4.79 Å². The number of ether oxygens (including phenoxy) is 1. The van der Waals surface area contributed by atoms with Crippen molar-refractivity contribution >= 4 is 5.91 Å². The average Bonchev–Trinajstić information content (AvgIpc) is 3.00. The molecule has 20 heavy (non-hydrogen) atoms. The third-order valence-corrected chi connectivity index (χ3v) is 2.77. The normalized spacial score (nSPS) is 10.2. The van der Waals surface area contributed by atoms with E-state index in [0.717, 1.165) is 5.82 Å². The zero-order valence-corrected chi connectivity index (χ0v) is 11.3. The van der Waals surface area contributed by atoms with E-state index in [2.05, 4.69) is 20.6 Å². The monoisotopic (exact) mass is 274 g/mol. The first-order valence-corrected chi connectivity index (χ1v) is 6.41. The first kappa shape index (κ1) is 14.1. The minimum Gasteiger partial charge on any atom is -0.497 e. The summed E-state index contributed by atoms with van der Waals surface area (Å²) in [6.07, 6.45) is 3.49. The van der Waals surface area contributed by atoms with Gasteiger partial charge in [0, 0.05) is 31.0 Å². The molecular formula is C14H18N4O2. The Morgan fingerprint density at radius 1 is 1.40 bits per heavy atom. The molecule has 6 nitrogen and oxygen atoms in total. The molecule has 106 valence electrons. The largest absolute Gasteiger partial charge is 0.497 e. The highest BCUT2D eigenvalue weighted by Gasteiger charge is 2.05. The van der Waals surface area contributed by atoms with Crippen molar-refractivity contribution in [3.05, 3.63) is 48.0 Å². The van der Waals surface area contributed by atoms with Crippen LogP contribution in [0, 0.1) is 0 Å². The fourth-order valence-corrected chi connectivity index (χ4v) is 1.73. The number of nitrogens with one attached hydrogen (secondary N) is 3. The van der Waals surface area contributed by atoms with E-state index in [-0.39, 0.29) is 5.91 Å². The summed E-state index contributed by atoms with van der Waals surface area (Å²) in [6.45, 7) is 1.88. The number of aromatic amines is 1. The van der Waals surface area contributed by atoms with E-state index in [4.69, 9.17) is 4.74 Å². The SMILES string of the molecule is COc1cccc(C(=O)NCCNCc2ncc[nH]2)c1. The Kier molecular flexibility index (Phi) is 5.14. The lowest BCUT2D eigenvalue weighted by molar-refractivity contribution is 0.0953. The van der Waals surface area contributed by atoms with Crippen molar-refractivity contribution in [2.24, 2.45) is 0 Å². The molecule has 1 aromatic heterocycles. The van der Waals surface area contributed by atoms with E-state index in [1.807, 2.05) is 6.07 Å². The van der Waals surface area contributed by atoms with Gasteiger partial charge in [0.2, 0.25) is 0 Å². The molecule has 0 aliphatic rings. The van der Waals surface area contributed by atoms with Crippen molar-refractivity contribution in [3.8, 4) is 5.75 Å². The molecule has 2 rings (SSSR count). The van der Waals surface area contributed by atoms with Gasteiger partial charge in [-0.3, -0.25) is 4.79 Å². The molecule has 3 N–H and O–H groups in total. The van der Waals surface area contributed by atoms with Crippen molar-refractivity contribution in [2.45, 2.75) is 6.54 Å². The number of aromatic nitrogens is 2. The summed E-state index contributed by atoms with van der Waals surface area (Å²) in [5.74, 6) is 1.45. The lowest BCUT2D eigenvalue weighted by atomic mass is 10.2. The fourth-order valence-electron chi connectivity index (χ4n) is 1.73.